The van der Waals surface area contributed by atoms with Gasteiger partial charge in [0.2, 0.25) is 0 Å². The van der Waals surface area contributed by atoms with Crippen LogP contribution in [0.15, 0.2) is 40.9 Å². The van der Waals surface area contributed by atoms with Crippen molar-refractivity contribution >= 4 is 33.2 Å². The number of anilines is 1. The van der Waals surface area contributed by atoms with Crippen LogP contribution in [-0.2, 0) is 12.7 Å². The summed E-state index contributed by atoms with van der Waals surface area (Å²) in [6, 6.07) is 8.08. The Hall–Kier alpha value is -1.40. The van der Waals surface area contributed by atoms with Gasteiger partial charge in [-0.25, -0.2) is 0 Å². The molecule has 0 atom stereocenters. The van der Waals surface area contributed by atoms with E-state index in [0.29, 0.717) is 16.7 Å². The Morgan fingerprint density at radius 1 is 1.14 bits per heavy atom. The summed E-state index contributed by atoms with van der Waals surface area (Å²) in [4.78, 5) is 0. The Balaban J connectivity index is 2.11. The molecule has 0 fully saturated rings. The zero-order valence-electron chi connectivity index (χ0n) is 10.5. The van der Waals surface area contributed by atoms with E-state index in [1.165, 1.54) is 12.1 Å². The predicted molar refractivity (Wildman–Crippen MR) is 79.6 cm³/mol. The fourth-order valence-corrected chi connectivity index (χ4v) is 2.37. The fourth-order valence-electron chi connectivity index (χ4n) is 1.69. The summed E-state index contributed by atoms with van der Waals surface area (Å²) in [5.41, 5.74) is 0.468. The Morgan fingerprint density at radius 2 is 1.86 bits per heavy atom. The number of phenols is 1. The van der Waals surface area contributed by atoms with Crippen molar-refractivity contribution in [2.24, 2.45) is 0 Å². The summed E-state index contributed by atoms with van der Waals surface area (Å²) < 4.78 is 38.1. The second kappa shape index (κ2) is 6.15. The van der Waals surface area contributed by atoms with Gasteiger partial charge in [0, 0.05) is 6.54 Å². The van der Waals surface area contributed by atoms with E-state index < -0.39 is 11.7 Å². The van der Waals surface area contributed by atoms with Crippen molar-refractivity contribution in [1.82, 2.24) is 0 Å². The minimum Gasteiger partial charge on any atom is -0.507 e. The summed E-state index contributed by atoms with van der Waals surface area (Å²) in [5, 5.41) is 12.3. The monoisotopic (exact) mass is 379 g/mol. The topological polar surface area (TPSA) is 32.3 Å². The highest BCUT2D eigenvalue weighted by Crippen LogP contribution is 2.34. The van der Waals surface area contributed by atoms with E-state index >= 15 is 0 Å². The van der Waals surface area contributed by atoms with Gasteiger partial charge in [0.05, 0.1) is 20.7 Å². The molecule has 0 saturated heterocycles. The normalized spacial score (nSPS) is 11.5. The molecule has 2 aromatic rings. The largest absolute Gasteiger partial charge is 0.507 e. The van der Waals surface area contributed by atoms with Gasteiger partial charge in [-0.15, -0.1) is 0 Å². The lowest BCUT2D eigenvalue weighted by Crippen LogP contribution is -2.06. The molecule has 0 aliphatic rings. The summed E-state index contributed by atoms with van der Waals surface area (Å²) in [6.07, 6.45) is -4.41. The van der Waals surface area contributed by atoms with Crippen LogP contribution in [0.25, 0.3) is 0 Å². The number of nitrogens with one attached hydrogen (secondary N) is 1. The number of alkyl halides is 3. The Morgan fingerprint density at radius 3 is 2.43 bits per heavy atom. The summed E-state index contributed by atoms with van der Waals surface area (Å²) in [7, 11) is 0. The highest BCUT2D eigenvalue weighted by molar-refractivity contribution is 9.10. The maximum absolute atomic E-state index is 12.5. The second-order valence-corrected chi connectivity index (χ2v) is 5.59. The van der Waals surface area contributed by atoms with Gasteiger partial charge in [0.15, 0.2) is 0 Å². The molecule has 2 N–H and O–H groups in total. The van der Waals surface area contributed by atoms with Crippen molar-refractivity contribution in [1.29, 1.82) is 0 Å². The Labute approximate surface area is 132 Å². The van der Waals surface area contributed by atoms with Crippen molar-refractivity contribution < 1.29 is 18.3 Å². The van der Waals surface area contributed by atoms with E-state index in [1.54, 1.807) is 12.1 Å². The molecular formula is C14H10BrClF3NO. The molecule has 0 aliphatic carbocycles. The quantitative estimate of drug-likeness (QED) is 0.743. The van der Waals surface area contributed by atoms with Crippen LogP contribution in [0.5, 0.6) is 5.75 Å². The van der Waals surface area contributed by atoms with Gasteiger partial charge in [0.25, 0.3) is 0 Å². The summed E-state index contributed by atoms with van der Waals surface area (Å²) >= 11 is 9.04. The van der Waals surface area contributed by atoms with Gasteiger partial charge in [-0.1, -0.05) is 17.7 Å². The average Bonchev–Trinajstić information content (AvgIpc) is 2.40. The van der Waals surface area contributed by atoms with Crippen LogP contribution in [0.1, 0.15) is 11.1 Å². The molecule has 0 heterocycles. The molecule has 0 bridgehead atoms. The molecule has 2 rings (SSSR count). The van der Waals surface area contributed by atoms with Crippen molar-refractivity contribution in [2.45, 2.75) is 12.7 Å². The molecule has 0 saturated carbocycles. The fraction of sp³-hybridized carbons (Fsp3) is 0.143. The molecule has 2 nitrogen and oxygen atoms in total. The van der Waals surface area contributed by atoms with Crippen LogP contribution in [0.4, 0.5) is 18.9 Å². The van der Waals surface area contributed by atoms with E-state index in [1.807, 2.05) is 0 Å². The first-order valence-electron chi connectivity index (χ1n) is 5.85. The molecular weight excluding hydrogens is 371 g/mol. The SMILES string of the molecule is Oc1ccc(CNc2ccc(C(F)(F)F)cc2Cl)cc1Br. The van der Waals surface area contributed by atoms with Gasteiger partial charge in [-0.05, 0) is 51.8 Å². The first-order valence-corrected chi connectivity index (χ1v) is 7.02. The summed E-state index contributed by atoms with van der Waals surface area (Å²) in [6.45, 7) is 0.365. The van der Waals surface area contributed by atoms with Gasteiger partial charge >= 0.3 is 6.18 Å². The molecule has 2 aromatic carbocycles. The molecule has 21 heavy (non-hydrogen) atoms. The van der Waals surface area contributed by atoms with Crippen LogP contribution in [0.2, 0.25) is 5.02 Å². The molecule has 0 spiro atoms. The Bertz CT molecular complexity index is 661. The van der Waals surface area contributed by atoms with E-state index in [0.717, 1.165) is 17.7 Å². The van der Waals surface area contributed by atoms with Crippen molar-refractivity contribution in [3.05, 3.63) is 57.0 Å². The lowest BCUT2D eigenvalue weighted by molar-refractivity contribution is -0.137. The van der Waals surface area contributed by atoms with Gasteiger partial charge in [-0.2, -0.15) is 13.2 Å². The maximum Gasteiger partial charge on any atom is 0.416 e. The predicted octanol–water partition coefficient (Wildman–Crippen LogP) is 5.44. The lowest BCUT2D eigenvalue weighted by Gasteiger charge is -2.12. The van der Waals surface area contributed by atoms with Crippen LogP contribution in [-0.4, -0.2) is 5.11 Å². The van der Waals surface area contributed by atoms with Crippen molar-refractivity contribution in [3.8, 4) is 5.75 Å². The highest BCUT2D eigenvalue weighted by atomic mass is 79.9. The summed E-state index contributed by atoms with van der Waals surface area (Å²) in [5.74, 6) is 0.117. The van der Waals surface area contributed by atoms with Crippen molar-refractivity contribution in [2.75, 3.05) is 5.32 Å². The van der Waals surface area contributed by atoms with Crippen LogP contribution in [0.3, 0.4) is 0 Å². The third-order valence-electron chi connectivity index (χ3n) is 2.79. The van der Waals surface area contributed by atoms with Crippen molar-refractivity contribution in [3.63, 3.8) is 0 Å². The molecule has 0 radical (unpaired) electrons. The molecule has 0 aromatic heterocycles. The van der Waals surface area contributed by atoms with E-state index in [2.05, 4.69) is 21.2 Å². The van der Waals surface area contributed by atoms with Gasteiger partial charge < -0.3 is 10.4 Å². The molecule has 0 aliphatic heterocycles. The zero-order valence-corrected chi connectivity index (χ0v) is 12.9. The Kier molecular flexibility index (Phi) is 4.68. The molecule has 0 unspecified atom stereocenters. The smallest absolute Gasteiger partial charge is 0.416 e. The minimum atomic E-state index is -4.41. The van der Waals surface area contributed by atoms with Gasteiger partial charge in [0.1, 0.15) is 5.75 Å². The number of hydrogen-bond donors (Lipinski definition) is 2. The standard InChI is InChI=1S/C14H10BrClF3NO/c15-10-5-8(1-4-13(10)21)7-20-12-3-2-9(6-11(12)16)14(17,18)19/h1-6,20-21H,7H2. The minimum absolute atomic E-state index is 0.00247. The first-order chi connectivity index (χ1) is 9.77. The average molecular weight is 381 g/mol. The molecule has 0 amide bonds. The van der Waals surface area contributed by atoms with Gasteiger partial charge in [-0.3, -0.25) is 0 Å². The number of rotatable bonds is 3. The number of aromatic hydroxyl groups is 1. The van der Waals surface area contributed by atoms with E-state index in [4.69, 9.17) is 11.6 Å². The van der Waals surface area contributed by atoms with Crippen LogP contribution < -0.4 is 5.32 Å². The first kappa shape index (κ1) is 16.0. The zero-order chi connectivity index (χ0) is 15.6. The third-order valence-corrected chi connectivity index (χ3v) is 3.74. The molecule has 112 valence electrons. The van der Waals surface area contributed by atoms with E-state index in [9.17, 15) is 18.3 Å². The third kappa shape index (κ3) is 4.04. The number of halogens is 5. The lowest BCUT2D eigenvalue weighted by atomic mass is 10.2. The van der Waals surface area contributed by atoms with Crippen LogP contribution in [0, 0.1) is 0 Å². The molecule has 7 heteroatoms. The highest BCUT2D eigenvalue weighted by Gasteiger charge is 2.30. The number of hydrogen-bond acceptors (Lipinski definition) is 2. The van der Waals surface area contributed by atoms with E-state index in [-0.39, 0.29) is 10.8 Å². The maximum atomic E-state index is 12.5. The number of phenolic OH excluding ortho intramolecular Hbond substituents is 1. The number of benzene rings is 2. The van der Waals surface area contributed by atoms with Crippen LogP contribution >= 0.6 is 27.5 Å². The second-order valence-electron chi connectivity index (χ2n) is 4.33.